The molecule has 80 heavy (non-hydrogen) atoms. The standard InChI is InChI=1S/C72H100N2O4S2/c1-65(2,3)49-33-45(61(75)53(37-49)69(13,14)15)41-73(42-46-34-50(66(4,5)6)38-54(62(46)76)70(16,17)18)57-29-25-27-31-59(57)79-80-60-32-28-26-30-58(60)74(43-47-35-51(67(7,8)9)39-55(63(47)77)71(19,20)21)44-48-36-52(68(10,11)12)40-56(64(48)78)72(22,23)24/h25-40,75-78H,41-44H2,1-24H3. The van der Waals surface area contributed by atoms with Gasteiger partial charge in [0.05, 0.1) is 11.4 Å². The summed E-state index contributed by atoms with van der Waals surface area (Å²) in [6.07, 6.45) is 0. The third kappa shape index (κ3) is 15.1. The van der Waals surface area contributed by atoms with Gasteiger partial charge in [-0.25, -0.2) is 0 Å². The molecule has 0 radical (unpaired) electrons. The van der Waals surface area contributed by atoms with Crippen molar-refractivity contribution in [2.75, 3.05) is 9.80 Å². The Morgan fingerprint density at radius 2 is 0.487 bits per heavy atom. The van der Waals surface area contributed by atoms with Crippen molar-refractivity contribution in [3.63, 3.8) is 0 Å². The van der Waals surface area contributed by atoms with Gasteiger partial charge < -0.3 is 30.2 Å². The molecule has 6 nitrogen and oxygen atoms in total. The van der Waals surface area contributed by atoms with E-state index < -0.39 is 0 Å². The number of hydrogen-bond acceptors (Lipinski definition) is 8. The van der Waals surface area contributed by atoms with E-state index in [1.54, 1.807) is 21.6 Å². The molecular weight excluding hydrogens is 1020 g/mol. The first-order chi connectivity index (χ1) is 36.4. The zero-order valence-electron chi connectivity index (χ0n) is 53.6. The molecule has 6 rings (SSSR count). The van der Waals surface area contributed by atoms with Crippen LogP contribution in [-0.4, -0.2) is 20.4 Å². The van der Waals surface area contributed by atoms with E-state index in [1.807, 2.05) is 0 Å². The Morgan fingerprint density at radius 1 is 0.287 bits per heavy atom. The van der Waals surface area contributed by atoms with Gasteiger partial charge in [0.25, 0.3) is 0 Å². The van der Waals surface area contributed by atoms with E-state index >= 15 is 0 Å². The third-order valence-corrected chi connectivity index (χ3v) is 18.0. The lowest BCUT2D eigenvalue weighted by molar-refractivity contribution is 0.433. The largest absolute Gasteiger partial charge is 0.507 e. The summed E-state index contributed by atoms with van der Waals surface area (Å²) in [5.41, 5.74) is 11.6. The van der Waals surface area contributed by atoms with Crippen molar-refractivity contribution in [1.29, 1.82) is 0 Å². The van der Waals surface area contributed by atoms with Crippen LogP contribution in [0.1, 0.15) is 233 Å². The highest BCUT2D eigenvalue weighted by Gasteiger charge is 2.32. The average molecular weight is 1120 g/mol. The third-order valence-electron chi connectivity index (χ3n) is 15.5. The maximum Gasteiger partial charge on any atom is 0.124 e. The molecule has 6 aromatic rings. The van der Waals surface area contributed by atoms with Crippen LogP contribution in [0.5, 0.6) is 23.0 Å². The van der Waals surface area contributed by atoms with Crippen LogP contribution in [0.2, 0.25) is 0 Å². The normalized spacial score (nSPS) is 13.2. The molecule has 0 heterocycles. The van der Waals surface area contributed by atoms with Crippen LogP contribution >= 0.6 is 21.6 Å². The second kappa shape index (κ2) is 22.9. The maximum atomic E-state index is 12.4. The van der Waals surface area contributed by atoms with E-state index in [2.05, 4.69) is 273 Å². The summed E-state index contributed by atoms with van der Waals surface area (Å²) in [4.78, 5) is 6.72. The predicted octanol–water partition coefficient (Wildman–Crippen LogP) is 20.1. The van der Waals surface area contributed by atoms with E-state index in [9.17, 15) is 20.4 Å². The van der Waals surface area contributed by atoms with Crippen molar-refractivity contribution >= 4 is 33.0 Å². The Labute approximate surface area is 492 Å². The maximum absolute atomic E-state index is 12.4. The molecule has 0 bridgehead atoms. The van der Waals surface area contributed by atoms with Gasteiger partial charge in [0.15, 0.2) is 0 Å². The summed E-state index contributed by atoms with van der Waals surface area (Å²) >= 11 is 0. The fraction of sp³-hybridized carbons (Fsp3) is 0.500. The second-order valence-corrected chi connectivity index (χ2v) is 33.2. The molecular formula is C72H100N2O4S2. The summed E-state index contributed by atoms with van der Waals surface area (Å²) < 4.78 is 0. The number of hydrogen-bond donors (Lipinski definition) is 4. The van der Waals surface area contributed by atoms with Gasteiger partial charge >= 0.3 is 0 Å². The zero-order valence-corrected chi connectivity index (χ0v) is 55.2. The number of phenols is 4. The minimum atomic E-state index is -0.316. The molecule has 6 aromatic carbocycles. The lowest BCUT2D eigenvalue weighted by atomic mass is 9.78. The Balaban J connectivity index is 1.56. The lowest BCUT2D eigenvalue weighted by Crippen LogP contribution is -2.26. The van der Waals surface area contributed by atoms with Crippen molar-refractivity contribution in [2.24, 2.45) is 0 Å². The van der Waals surface area contributed by atoms with Gasteiger partial charge in [-0.3, -0.25) is 0 Å². The van der Waals surface area contributed by atoms with Crippen molar-refractivity contribution in [3.8, 4) is 23.0 Å². The van der Waals surface area contributed by atoms with E-state index in [0.29, 0.717) is 49.2 Å². The summed E-state index contributed by atoms with van der Waals surface area (Å²) in [5, 5.41) is 49.5. The van der Waals surface area contributed by atoms with Crippen molar-refractivity contribution < 1.29 is 20.4 Å². The summed E-state index contributed by atoms with van der Waals surface area (Å²) in [5.74, 6) is 1.20. The molecule has 0 aliphatic rings. The van der Waals surface area contributed by atoms with Gasteiger partial charge in [-0.15, -0.1) is 0 Å². The van der Waals surface area contributed by atoms with Gasteiger partial charge in [-0.05, 0) is 136 Å². The monoisotopic (exact) mass is 1120 g/mol. The summed E-state index contributed by atoms with van der Waals surface area (Å²) in [7, 11) is 3.37. The van der Waals surface area contributed by atoms with Crippen molar-refractivity contribution in [1.82, 2.24) is 0 Å². The first-order valence-corrected chi connectivity index (χ1v) is 31.0. The minimum Gasteiger partial charge on any atom is -0.507 e. The van der Waals surface area contributed by atoms with Gasteiger partial charge in [-0.1, -0.05) is 236 Å². The second-order valence-electron chi connectivity index (χ2n) is 30.9. The molecule has 8 heteroatoms. The number of nitrogens with zero attached hydrogens (tertiary/aromatic N) is 2. The van der Waals surface area contributed by atoms with Gasteiger partial charge in [-0.2, -0.15) is 0 Å². The molecule has 0 atom stereocenters. The lowest BCUT2D eigenvalue weighted by Gasteiger charge is -2.33. The highest BCUT2D eigenvalue weighted by atomic mass is 33.1. The highest BCUT2D eigenvalue weighted by molar-refractivity contribution is 8.76. The topological polar surface area (TPSA) is 87.4 Å². The quantitative estimate of drug-likeness (QED) is 0.0851. The fourth-order valence-corrected chi connectivity index (χ4v) is 12.6. The molecule has 0 aliphatic carbocycles. The molecule has 0 aliphatic heterocycles. The summed E-state index contributed by atoms with van der Waals surface area (Å²) in [6.45, 7) is 54.2. The van der Waals surface area contributed by atoms with Gasteiger partial charge in [0, 0.05) is 58.2 Å². The average Bonchev–Trinajstić information content (AvgIpc) is 3.33. The molecule has 0 fully saturated rings. The van der Waals surface area contributed by atoms with Gasteiger partial charge in [0.2, 0.25) is 0 Å². The van der Waals surface area contributed by atoms with Crippen molar-refractivity contribution in [3.05, 3.63) is 164 Å². The molecule has 0 spiro atoms. The number of aromatic hydroxyl groups is 4. The molecule has 0 saturated carbocycles. The Bertz CT molecular complexity index is 2800. The predicted molar refractivity (Wildman–Crippen MR) is 346 cm³/mol. The SMILES string of the molecule is CC(C)(C)c1cc(CN(Cc2cc(C(C)(C)C)cc(C(C)(C)C)c2O)c2ccccc2SSc2ccccc2N(Cc2cc(C(C)(C)C)cc(C(C)(C)C)c2O)Cc2cc(C(C)(C)C)cc(C(C)(C)C)c2O)c(O)c(C(C)(C)C)c1. The van der Waals surface area contributed by atoms with Crippen LogP contribution in [0.25, 0.3) is 0 Å². The Morgan fingerprint density at radius 3 is 0.675 bits per heavy atom. The number of benzene rings is 6. The number of rotatable bonds is 13. The molecule has 0 amide bonds. The molecule has 4 N–H and O–H groups in total. The molecule has 434 valence electrons. The Kier molecular flexibility index (Phi) is 18.3. The zero-order chi connectivity index (χ0) is 60.3. The van der Waals surface area contributed by atoms with Crippen LogP contribution in [0, 0.1) is 0 Å². The highest BCUT2D eigenvalue weighted by Crippen LogP contribution is 2.49. The van der Waals surface area contributed by atoms with E-state index in [1.165, 1.54) is 0 Å². The van der Waals surface area contributed by atoms with E-state index in [-0.39, 0.29) is 43.3 Å². The van der Waals surface area contributed by atoms with E-state index in [0.717, 1.165) is 87.9 Å². The minimum absolute atomic E-state index is 0.175. The van der Waals surface area contributed by atoms with Crippen LogP contribution in [0.3, 0.4) is 0 Å². The smallest absolute Gasteiger partial charge is 0.124 e. The summed E-state index contributed by atoms with van der Waals surface area (Å²) in [6, 6.07) is 34.4. The van der Waals surface area contributed by atoms with Crippen molar-refractivity contribution in [2.45, 2.75) is 245 Å². The molecule has 0 saturated heterocycles. The first-order valence-electron chi connectivity index (χ1n) is 28.9. The van der Waals surface area contributed by atoms with Crippen LogP contribution in [0.4, 0.5) is 11.4 Å². The van der Waals surface area contributed by atoms with Gasteiger partial charge in [0.1, 0.15) is 23.0 Å². The fourth-order valence-electron chi connectivity index (χ4n) is 10.2. The Hall–Kier alpha value is -5.18. The van der Waals surface area contributed by atoms with Crippen LogP contribution < -0.4 is 9.80 Å². The number of anilines is 2. The number of para-hydroxylation sites is 2. The van der Waals surface area contributed by atoms with Crippen LogP contribution in [0.15, 0.2) is 107 Å². The van der Waals surface area contributed by atoms with Crippen LogP contribution in [-0.2, 0) is 69.5 Å². The molecule has 0 aromatic heterocycles. The first kappa shape index (κ1) is 64.0. The van der Waals surface area contributed by atoms with E-state index in [4.69, 9.17) is 0 Å². The number of phenolic OH excluding ortho intramolecular Hbond substituents is 4. The molecule has 0 unspecified atom stereocenters.